The van der Waals surface area contributed by atoms with Gasteiger partial charge in [0.05, 0.1) is 0 Å². The minimum atomic E-state index is -0.338. The highest BCUT2D eigenvalue weighted by Crippen LogP contribution is 2.24. The molecule has 0 saturated carbocycles. The topological polar surface area (TPSA) is 68.7 Å². The Morgan fingerprint density at radius 2 is 2.21 bits per heavy atom. The van der Waals surface area contributed by atoms with E-state index in [0.29, 0.717) is 6.54 Å². The fourth-order valence-electron chi connectivity index (χ4n) is 2.03. The predicted molar refractivity (Wildman–Crippen MR) is 75.3 cm³/mol. The number of hydrogen-bond donors (Lipinski definition) is 2. The number of nitrogens with zero attached hydrogens (tertiary/aromatic N) is 1. The molecule has 2 rings (SSSR count). The zero-order valence-corrected chi connectivity index (χ0v) is 10.9. The summed E-state index contributed by atoms with van der Waals surface area (Å²) in [5, 5.41) is 12.7. The normalized spacial score (nSPS) is 11.3. The van der Waals surface area contributed by atoms with Crippen molar-refractivity contribution < 1.29 is 4.79 Å². The summed E-state index contributed by atoms with van der Waals surface area (Å²) in [7, 11) is 0. The zero-order chi connectivity index (χ0) is 13.8. The molecule has 0 aliphatic heterocycles. The van der Waals surface area contributed by atoms with E-state index >= 15 is 0 Å². The summed E-state index contributed by atoms with van der Waals surface area (Å²) in [5.74, 6) is -0.338. The van der Waals surface area contributed by atoms with Gasteiger partial charge < -0.3 is 10.3 Å². The van der Waals surface area contributed by atoms with E-state index < -0.39 is 0 Å². The Hall–Kier alpha value is -2.54. The fraction of sp³-hybridized carbons (Fsp3) is 0.200. The van der Waals surface area contributed by atoms with Gasteiger partial charge in [-0.15, -0.1) is 0 Å². The number of nitriles is 1. The summed E-state index contributed by atoms with van der Waals surface area (Å²) < 4.78 is 0. The minimum Gasteiger partial charge on any atom is -0.358 e. The van der Waals surface area contributed by atoms with Gasteiger partial charge in [-0.2, -0.15) is 5.26 Å². The number of carbonyl (C=O) groups is 1. The highest BCUT2D eigenvalue weighted by Gasteiger charge is 2.11. The molecule has 0 bridgehead atoms. The van der Waals surface area contributed by atoms with Crippen LogP contribution in [0.1, 0.15) is 18.2 Å². The van der Waals surface area contributed by atoms with Gasteiger partial charge in [-0.05, 0) is 26.0 Å². The molecular formula is C15H15N3O. The van der Waals surface area contributed by atoms with Gasteiger partial charge in [0.25, 0.3) is 5.91 Å². The van der Waals surface area contributed by atoms with Crippen molar-refractivity contribution in [1.82, 2.24) is 10.3 Å². The van der Waals surface area contributed by atoms with Crippen LogP contribution in [-0.4, -0.2) is 17.4 Å². The molecule has 4 heteroatoms. The number of aromatic amines is 1. The third kappa shape index (κ3) is 2.50. The molecule has 0 spiro atoms. The van der Waals surface area contributed by atoms with Crippen LogP contribution < -0.4 is 5.32 Å². The number of H-pyrrole nitrogens is 1. The number of carbonyl (C=O) groups excluding carboxylic acids is 1. The van der Waals surface area contributed by atoms with E-state index in [2.05, 4.69) is 10.3 Å². The van der Waals surface area contributed by atoms with Crippen LogP contribution in [0.2, 0.25) is 0 Å². The van der Waals surface area contributed by atoms with Crippen LogP contribution in [0.25, 0.3) is 17.0 Å². The van der Waals surface area contributed by atoms with Crippen molar-refractivity contribution in [3.63, 3.8) is 0 Å². The second-order valence-corrected chi connectivity index (χ2v) is 4.24. The first kappa shape index (κ1) is 12.9. The fourth-order valence-corrected chi connectivity index (χ4v) is 2.03. The van der Waals surface area contributed by atoms with Crippen molar-refractivity contribution in [2.45, 2.75) is 13.8 Å². The van der Waals surface area contributed by atoms with Gasteiger partial charge in [-0.25, -0.2) is 0 Å². The Bertz CT molecular complexity index is 689. The molecule has 0 unspecified atom stereocenters. The van der Waals surface area contributed by atoms with E-state index in [1.54, 1.807) is 6.08 Å². The molecule has 1 heterocycles. The van der Waals surface area contributed by atoms with E-state index in [4.69, 9.17) is 5.26 Å². The lowest BCUT2D eigenvalue weighted by Gasteiger charge is -2.00. The number of aromatic nitrogens is 1. The Labute approximate surface area is 111 Å². The lowest BCUT2D eigenvalue weighted by atomic mass is 10.1. The Kier molecular flexibility index (Phi) is 3.67. The zero-order valence-electron chi connectivity index (χ0n) is 10.9. The maximum Gasteiger partial charge on any atom is 0.261 e. The Morgan fingerprint density at radius 1 is 1.47 bits per heavy atom. The number of fused-ring (bicyclic) bond motifs is 1. The number of benzene rings is 1. The Morgan fingerprint density at radius 3 is 2.89 bits per heavy atom. The number of aryl methyl sites for hydroxylation is 1. The second-order valence-electron chi connectivity index (χ2n) is 4.24. The molecule has 96 valence electrons. The molecular weight excluding hydrogens is 238 g/mol. The Balaban J connectivity index is 2.52. The summed E-state index contributed by atoms with van der Waals surface area (Å²) in [6, 6.07) is 9.77. The maximum absolute atomic E-state index is 11.7. The van der Waals surface area contributed by atoms with Gasteiger partial charge in [0.1, 0.15) is 11.6 Å². The molecule has 0 aliphatic rings. The molecule has 4 nitrogen and oxygen atoms in total. The molecule has 0 aliphatic carbocycles. The summed E-state index contributed by atoms with van der Waals surface area (Å²) in [6.45, 7) is 4.26. The van der Waals surface area contributed by atoms with Gasteiger partial charge >= 0.3 is 0 Å². The lowest BCUT2D eigenvalue weighted by molar-refractivity contribution is -0.116. The SMILES string of the molecule is CCNC(=O)/C(C#N)=C\c1c(C)[nH]c2ccccc12. The third-order valence-corrected chi connectivity index (χ3v) is 2.93. The van der Waals surface area contributed by atoms with E-state index in [-0.39, 0.29) is 11.5 Å². The van der Waals surface area contributed by atoms with Crippen molar-refractivity contribution in [3.05, 3.63) is 41.1 Å². The standard InChI is InChI=1S/C15H15N3O/c1-3-17-15(19)11(9-16)8-13-10(2)18-14-7-5-4-6-12(13)14/h4-8,18H,3H2,1-2H3,(H,17,19)/b11-8-. The van der Waals surface area contributed by atoms with Crippen molar-refractivity contribution in [3.8, 4) is 6.07 Å². The highest BCUT2D eigenvalue weighted by atomic mass is 16.1. The van der Waals surface area contributed by atoms with Crippen LogP contribution in [-0.2, 0) is 4.79 Å². The summed E-state index contributed by atoms with van der Waals surface area (Å²) in [6.07, 6.45) is 1.64. The molecule has 0 radical (unpaired) electrons. The molecule has 0 fully saturated rings. The number of amides is 1. The monoisotopic (exact) mass is 253 g/mol. The van der Waals surface area contributed by atoms with Crippen LogP contribution in [0.5, 0.6) is 0 Å². The van der Waals surface area contributed by atoms with Crippen LogP contribution in [0, 0.1) is 18.3 Å². The van der Waals surface area contributed by atoms with Gasteiger partial charge in [0, 0.05) is 28.7 Å². The van der Waals surface area contributed by atoms with E-state index in [1.165, 1.54) is 0 Å². The molecule has 1 aromatic heterocycles. The van der Waals surface area contributed by atoms with E-state index in [9.17, 15) is 4.79 Å². The highest BCUT2D eigenvalue weighted by molar-refractivity contribution is 6.04. The smallest absolute Gasteiger partial charge is 0.261 e. The van der Waals surface area contributed by atoms with Gasteiger partial charge in [0.2, 0.25) is 0 Å². The second kappa shape index (κ2) is 5.40. The minimum absolute atomic E-state index is 0.120. The predicted octanol–water partition coefficient (Wildman–Crippen LogP) is 2.52. The molecule has 0 atom stereocenters. The average molecular weight is 253 g/mol. The molecule has 19 heavy (non-hydrogen) atoms. The first-order valence-electron chi connectivity index (χ1n) is 6.14. The quantitative estimate of drug-likeness (QED) is 0.652. The van der Waals surface area contributed by atoms with Crippen LogP contribution in [0.15, 0.2) is 29.8 Å². The van der Waals surface area contributed by atoms with Crippen LogP contribution in [0.4, 0.5) is 0 Å². The molecule has 0 saturated heterocycles. The number of para-hydroxylation sites is 1. The third-order valence-electron chi connectivity index (χ3n) is 2.93. The molecule has 1 amide bonds. The summed E-state index contributed by atoms with van der Waals surface area (Å²) in [4.78, 5) is 15.0. The number of nitrogens with one attached hydrogen (secondary N) is 2. The van der Waals surface area contributed by atoms with Gasteiger partial charge in [0.15, 0.2) is 0 Å². The van der Waals surface area contributed by atoms with Crippen molar-refractivity contribution >= 4 is 22.9 Å². The van der Waals surface area contributed by atoms with E-state index in [0.717, 1.165) is 22.2 Å². The summed E-state index contributed by atoms with van der Waals surface area (Å²) in [5.41, 5.74) is 2.95. The van der Waals surface area contributed by atoms with Crippen molar-refractivity contribution in [2.75, 3.05) is 6.54 Å². The van der Waals surface area contributed by atoms with Gasteiger partial charge in [-0.1, -0.05) is 18.2 Å². The van der Waals surface area contributed by atoms with Crippen molar-refractivity contribution in [1.29, 1.82) is 5.26 Å². The van der Waals surface area contributed by atoms with Crippen LogP contribution >= 0.6 is 0 Å². The first-order chi connectivity index (χ1) is 9.17. The van der Waals surface area contributed by atoms with Gasteiger partial charge in [-0.3, -0.25) is 4.79 Å². The number of hydrogen-bond acceptors (Lipinski definition) is 2. The molecule has 1 aromatic carbocycles. The largest absolute Gasteiger partial charge is 0.358 e. The number of likely N-dealkylation sites (N-methyl/N-ethyl adjacent to an activating group) is 1. The average Bonchev–Trinajstić information content (AvgIpc) is 2.72. The van der Waals surface area contributed by atoms with Crippen molar-refractivity contribution in [2.24, 2.45) is 0 Å². The lowest BCUT2D eigenvalue weighted by Crippen LogP contribution is -2.23. The van der Waals surface area contributed by atoms with Crippen LogP contribution in [0.3, 0.4) is 0 Å². The molecule has 2 aromatic rings. The first-order valence-corrected chi connectivity index (χ1v) is 6.14. The number of rotatable bonds is 3. The maximum atomic E-state index is 11.7. The molecule has 2 N–H and O–H groups in total. The summed E-state index contributed by atoms with van der Waals surface area (Å²) >= 11 is 0. The van der Waals surface area contributed by atoms with E-state index in [1.807, 2.05) is 44.2 Å².